The van der Waals surface area contributed by atoms with Crippen LogP contribution < -0.4 is 11.0 Å². The molecule has 2 atom stereocenters. The van der Waals surface area contributed by atoms with Crippen molar-refractivity contribution in [3.05, 3.63) is 23.5 Å². The van der Waals surface area contributed by atoms with Crippen molar-refractivity contribution in [3.8, 4) is 0 Å². The Kier molecular flexibility index (Phi) is 5.16. The molecule has 1 amide bonds. The van der Waals surface area contributed by atoms with E-state index in [1.165, 1.54) is 0 Å². The second kappa shape index (κ2) is 7.31. The van der Waals surface area contributed by atoms with Crippen molar-refractivity contribution in [2.45, 2.75) is 57.5 Å². The van der Waals surface area contributed by atoms with E-state index in [4.69, 9.17) is 4.84 Å². The molecule has 0 aromatic rings. The summed E-state index contributed by atoms with van der Waals surface area (Å²) in [7, 11) is 0. The number of aliphatic hydroxyl groups is 2. The largest absolute Gasteiger partial charge is 0.371 e. The highest BCUT2D eigenvalue weighted by atomic mass is 16.8. The number of hydrogen-bond donors (Lipinski definition) is 4. The Morgan fingerprint density at radius 1 is 1.30 bits per heavy atom. The topological polar surface area (TPSA) is 97.3 Å². The lowest BCUT2D eigenvalue weighted by Gasteiger charge is -2.33. The van der Waals surface area contributed by atoms with Gasteiger partial charge < -0.3 is 15.6 Å². The van der Waals surface area contributed by atoms with Crippen molar-refractivity contribution in [3.63, 3.8) is 0 Å². The number of rotatable bonds is 4. The van der Waals surface area contributed by atoms with E-state index in [0.29, 0.717) is 19.3 Å². The number of carbonyl (C=O) groups is 1. The lowest BCUT2D eigenvalue weighted by atomic mass is 10.1. The smallest absolute Gasteiger partial charge is 0.248 e. The van der Waals surface area contributed by atoms with E-state index in [0.717, 1.165) is 42.1 Å². The number of hydroxylamine groups is 2. The molecule has 0 aromatic carbocycles. The van der Waals surface area contributed by atoms with Crippen LogP contribution in [0.5, 0.6) is 0 Å². The molecule has 23 heavy (non-hydrogen) atoms. The van der Waals surface area contributed by atoms with Crippen LogP contribution in [0.3, 0.4) is 0 Å². The molecule has 8 nitrogen and oxygen atoms in total. The fourth-order valence-electron chi connectivity index (χ4n) is 3.05. The fraction of sp³-hybridized carbons (Fsp3) is 0.667. The number of hydrazine groups is 2. The molecule has 1 aliphatic carbocycles. The number of allylic oxidation sites excluding steroid dienone is 4. The first-order valence-electron chi connectivity index (χ1n) is 8.16. The van der Waals surface area contributed by atoms with Crippen molar-refractivity contribution in [2.24, 2.45) is 0 Å². The van der Waals surface area contributed by atoms with Crippen molar-refractivity contribution in [2.75, 3.05) is 6.54 Å². The second-order valence-electron chi connectivity index (χ2n) is 5.97. The highest BCUT2D eigenvalue weighted by Gasteiger charge is 2.31. The summed E-state index contributed by atoms with van der Waals surface area (Å²) in [6.07, 6.45) is 7.26. The standard InChI is InChI=1S/C15H24N4O4/c20-13-8-5-9-14(21)19(13)23-15(22)10-18-12-7-4-2-1-3-6-11(12)16-17-18/h1-2,13,15-17,20,22H,3-10H2/b2-1+. The van der Waals surface area contributed by atoms with Gasteiger partial charge in [0.2, 0.25) is 12.2 Å². The second-order valence-corrected chi connectivity index (χ2v) is 5.97. The van der Waals surface area contributed by atoms with Gasteiger partial charge in [0.15, 0.2) is 6.23 Å². The maximum Gasteiger partial charge on any atom is 0.248 e. The normalized spacial score (nSPS) is 28.1. The van der Waals surface area contributed by atoms with E-state index in [-0.39, 0.29) is 12.5 Å². The zero-order valence-corrected chi connectivity index (χ0v) is 13.1. The number of β-amino-alcohol motifs (C(OH)–C–C–N with tert-alkyl or cyclic N) is 1. The van der Waals surface area contributed by atoms with E-state index < -0.39 is 12.5 Å². The van der Waals surface area contributed by atoms with Crippen LogP contribution in [0.2, 0.25) is 0 Å². The highest BCUT2D eigenvalue weighted by Crippen LogP contribution is 2.24. The molecule has 0 radical (unpaired) electrons. The van der Waals surface area contributed by atoms with E-state index in [1.54, 1.807) is 5.01 Å². The predicted octanol–water partition coefficient (Wildman–Crippen LogP) is 0.234. The Hall–Kier alpha value is -1.61. The minimum atomic E-state index is -1.21. The Morgan fingerprint density at radius 2 is 2.09 bits per heavy atom. The quantitative estimate of drug-likeness (QED) is 0.434. The first-order chi connectivity index (χ1) is 11.1. The van der Waals surface area contributed by atoms with Gasteiger partial charge in [-0.25, -0.2) is 4.84 Å². The Morgan fingerprint density at radius 3 is 2.87 bits per heavy atom. The molecule has 3 rings (SSSR count). The zero-order chi connectivity index (χ0) is 16.2. The maximum atomic E-state index is 11.8. The number of hydrogen-bond acceptors (Lipinski definition) is 7. The molecule has 4 N–H and O–H groups in total. The van der Waals surface area contributed by atoms with E-state index in [9.17, 15) is 15.0 Å². The predicted molar refractivity (Wildman–Crippen MR) is 81.4 cm³/mol. The van der Waals surface area contributed by atoms with Gasteiger partial charge >= 0.3 is 0 Å². The van der Waals surface area contributed by atoms with Gasteiger partial charge in [-0.3, -0.25) is 9.80 Å². The summed E-state index contributed by atoms with van der Waals surface area (Å²) >= 11 is 0. The molecule has 0 bridgehead atoms. The number of piperidine rings is 1. The third-order valence-corrected chi connectivity index (χ3v) is 4.23. The van der Waals surface area contributed by atoms with Gasteiger partial charge in [0.25, 0.3) is 0 Å². The van der Waals surface area contributed by atoms with Crippen LogP contribution in [0, 0.1) is 0 Å². The molecule has 2 heterocycles. The molecule has 1 fully saturated rings. The monoisotopic (exact) mass is 324 g/mol. The molecule has 2 unspecified atom stereocenters. The van der Waals surface area contributed by atoms with E-state index in [2.05, 4.69) is 23.1 Å². The molecule has 0 spiro atoms. The average Bonchev–Trinajstić information content (AvgIpc) is 2.84. The van der Waals surface area contributed by atoms with E-state index in [1.807, 2.05) is 0 Å². The third-order valence-electron chi connectivity index (χ3n) is 4.23. The summed E-state index contributed by atoms with van der Waals surface area (Å²) in [6.45, 7) is 0.159. The molecule has 128 valence electrons. The lowest BCUT2D eigenvalue weighted by Crippen LogP contribution is -2.49. The lowest BCUT2D eigenvalue weighted by molar-refractivity contribution is -0.304. The molecule has 8 heteroatoms. The number of carbonyl (C=O) groups excluding carboxylic acids is 1. The Labute approximate surface area is 135 Å². The van der Waals surface area contributed by atoms with Crippen molar-refractivity contribution >= 4 is 5.91 Å². The highest BCUT2D eigenvalue weighted by molar-refractivity contribution is 5.75. The maximum absolute atomic E-state index is 11.8. The Balaban J connectivity index is 1.57. The van der Waals surface area contributed by atoms with Gasteiger partial charge in [-0.05, 0) is 38.5 Å². The van der Waals surface area contributed by atoms with Crippen LogP contribution in [0.4, 0.5) is 0 Å². The summed E-state index contributed by atoms with van der Waals surface area (Å²) in [4.78, 5) is 17.0. The van der Waals surface area contributed by atoms with Crippen LogP contribution in [-0.4, -0.2) is 45.3 Å². The summed E-state index contributed by atoms with van der Waals surface area (Å²) in [5.41, 5.74) is 8.37. The van der Waals surface area contributed by atoms with Gasteiger partial charge in [0.1, 0.15) is 0 Å². The molecular weight excluding hydrogens is 300 g/mol. The summed E-state index contributed by atoms with van der Waals surface area (Å²) < 4.78 is 0. The first-order valence-corrected chi connectivity index (χ1v) is 8.16. The van der Waals surface area contributed by atoms with Crippen molar-refractivity contribution in [1.29, 1.82) is 0 Å². The van der Waals surface area contributed by atoms with Crippen LogP contribution in [0.1, 0.15) is 44.9 Å². The van der Waals surface area contributed by atoms with Crippen molar-refractivity contribution in [1.82, 2.24) is 21.0 Å². The number of nitrogens with zero attached hydrogens (tertiary/aromatic N) is 2. The van der Waals surface area contributed by atoms with Gasteiger partial charge in [-0.15, -0.1) is 5.53 Å². The minimum absolute atomic E-state index is 0.159. The fourth-order valence-corrected chi connectivity index (χ4v) is 3.05. The van der Waals surface area contributed by atoms with Crippen LogP contribution >= 0.6 is 0 Å². The molecule has 0 aromatic heterocycles. The van der Waals surface area contributed by atoms with Crippen LogP contribution in [0.15, 0.2) is 23.5 Å². The third kappa shape index (κ3) is 3.84. The zero-order valence-electron chi connectivity index (χ0n) is 13.1. The molecule has 2 aliphatic heterocycles. The summed E-state index contributed by atoms with van der Waals surface area (Å²) in [6, 6.07) is 0. The number of aliphatic hydroxyl groups excluding tert-OH is 2. The van der Waals surface area contributed by atoms with Crippen LogP contribution in [-0.2, 0) is 9.63 Å². The van der Waals surface area contributed by atoms with Crippen molar-refractivity contribution < 1.29 is 19.8 Å². The molecular formula is C15H24N4O4. The summed E-state index contributed by atoms with van der Waals surface area (Å²) in [5, 5.41) is 22.7. The number of amides is 1. The SMILES string of the molecule is O=C1CCCC(O)N1OC(O)CN1NNC2=C1CC/C=C/CC2. The van der Waals surface area contributed by atoms with Gasteiger partial charge in [-0.1, -0.05) is 12.2 Å². The van der Waals surface area contributed by atoms with E-state index >= 15 is 0 Å². The summed E-state index contributed by atoms with van der Waals surface area (Å²) in [5.74, 6) is -0.300. The molecule has 0 saturated carbocycles. The van der Waals surface area contributed by atoms with Crippen LogP contribution in [0.25, 0.3) is 0 Å². The Bertz CT molecular complexity index is 508. The molecule has 1 saturated heterocycles. The van der Waals surface area contributed by atoms with Gasteiger partial charge in [0.05, 0.1) is 12.2 Å². The average molecular weight is 324 g/mol. The number of nitrogens with one attached hydrogen (secondary N) is 2. The van der Waals surface area contributed by atoms with Gasteiger partial charge in [0, 0.05) is 12.1 Å². The minimum Gasteiger partial charge on any atom is -0.371 e. The molecule has 3 aliphatic rings. The van der Waals surface area contributed by atoms with Gasteiger partial charge in [-0.2, -0.15) is 5.06 Å². The first kappa shape index (κ1) is 16.3.